The third-order valence-corrected chi connectivity index (χ3v) is 1.62. The van der Waals surface area contributed by atoms with E-state index < -0.39 is 0 Å². The maximum atomic E-state index is 10.7. The van der Waals surface area contributed by atoms with Crippen molar-refractivity contribution in [3.63, 3.8) is 0 Å². The van der Waals surface area contributed by atoms with Crippen LogP contribution in [0.2, 0.25) is 0 Å². The topological polar surface area (TPSA) is 70.7 Å². The first-order chi connectivity index (χ1) is 6.25. The molecule has 5 nitrogen and oxygen atoms in total. The van der Waals surface area contributed by atoms with Crippen LogP contribution >= 0.6 is 0 Å². The molecule has 2 aromatic rings. The van der Waals surface area contributed by atoms with Crippen molar-refractivity contribution in [1.82, 2.24) is 15.2 Å². The predicted molar refractivity (Wildman–Crippen MR) is 48.2 cm³/mol. The molecular formula is C8H8N4O. The Balaban J connectivity index is 2.42. The van der Waals surface area contributed by atoms with Crippen molar-refractivity contribution in [2.45, 2.75) is 6.92 Å². The lowest BCUT2D eigenvalue weighted by Crippen LogP contribution is -2.06. The van der Waals surface area contributed by atoms with E-state index in [9.17, 15) is 4.79 Å². The maximum absolute atomic E-state index is 10.7. The zero-order valence-electron chi connectivity index (χ0n) is 7.03. The molecule has 5 heteroatoms. The Hall–Kier alpha value is -1.91. The SMILES string of the molecule is CC(=O)Nc1cc2n[nH]cc2cn1. The number of H-pyrrole nitrogens is 1. The van der Waals surface area contributed by atoms with Crippen LogP contribution in [0.3, 0.4) is 0 Å². The van der Waals surface area contributed by atoms with E-state index in [4.69, 9.17) is 0 Å². The van der Waals surface area contributed by atoms with Crippen LogP contribution in [0.4, 0.5) is 5.82 Å². The molecule has 0 unspecified atom stereocenters. The second-order valence-electron chi connectivity index (χ2n) is 2.69. The number of aromatic amines is 1. The fraction of sp³-hybridized carbons (Fsp3) is 0.125. The Morgan fingerprint density at radius 1 is 1.62 bits per heavy atom. The lowest BCUT2D eigenvalue weighted by molar-refractivity contribution is -0.114. The van der Waals surface area contributed by atoms with Crippen LogP contribution in [-0.4, -0.2) is 21.1 Å². The van der Waals surface area contributed by atoms with Gasteiger partial charge in [-0.1, -0.05) is 0 Å². The van der Waals surface area contributed by atoms with E-state index in [1.807, 2.05) is 0 Å². The predicted octanol–water partition coefficient (Wildman–Crippen LogP) is 0.916. The highest BCUT2D eigenvalue weighted by Crippen LogP contribution is 2.12. The van der Waals surface area contributed by atoms with Gasteiger partial charge in [-0.25, -0.2) is 4.98 Å². The third-order valence-electron chi connectivity index (χ3n) is 1.62. The van der Waals surface area contributed by atoms with Crippen LogP contribution in [-0.2, 0) is 4.79 Å². The number of carbonyl (C=O) groups excluding carboxylic acids is 1. The zero-order chi connectivity index (χ0) is 9.26. The number of fused-ring (bicyclic) bond motifs is 1. The van der Waals surface area contributed by atoms with Gasteiger partial charge in [0.05, 0.1) is 5.52 Å². The number of nitrogens with one attached hydrogen (secondary N) is 2. The summed E-state index contributed by atoms with van der Waals surface area (Å²) in [4.78, 5) is 14.7. The van der Waals surface area contributed by atoms with Gasteiger partial charge in [-0.2, -0.15) is 5.10 Å². The van der Waals surface area contributed by atoms with Crippen LogP contribution in [0.25, 0.3) is 10.9 Å². The van der Waals surface area contributed by atoms with E-state index in [0.717, 1.165) is 10.9 Å². The summed E-state index contributed by atoms with van der Waals surface area (Å²) >= 11 is 0. The summed E-state index contributed by atoms with van der Waals surface area (Å²) in [5, 5.41) is 10.2. The average molecular weight is 176 g/mol. The van der Waals surface area contributed by atoms with Crippen molar-refractivity contribution >= 4 is 22.6 Å². The van der Waals surface area contributed by atoms with Crippen molar-refractivity contribution in [2.24, 2.45) is 0 Å². The molecule has 2 heterocycles. The number of nitrogens with zero attached hydrogens (tertiary/aromatic N) is 2. The van der Waals surface area contributed by atoms with Gasteiger partial charge < -0.3 is 5.32 Å². The van der Waals surface area contributed by atoms with Gasteiger partial charge in [0.15, 0.2) is 0 Å². The Kier molecular flexibility index (Phi) is 1.70. The number of rotatable bonds is 1. The summed E-state index contributed by atoms with van der Waals surface area (Å²) < 4.78 is 0. The lowest BCUT2D eigenvalue weighted by atomic mass is 10.3. The minimum atomic E-state index is -0.137. The number of carbonyl (C=O) groups is 1. The molecule has 0 fully saturated rings. The molecule has 2 rings (SSSR count). The van der Waals surface area contributed by atoms with Crippen molar-refractivity contribution in [3.05, 3.63) is 18.5 Å². The van der Waals surface area contributed by atoms with Gasteiger partial charge in [-0.15, -0.1) is 0 Å². The van der Waals surface area contributed by atoms with Crippen molar-refractivity contribution < 1.29 is 4.79 Å². The summed E-state index contributed by atoms with van der Waals surface area (Å²) in [6, 6.07) is 1.72. The zero-order valence-corrected chi connectivity index (χ0v) is 7.03. The Morgan fingerprint density at radius 2 is 2.46 bits per heavy atom. The molecule has 0 aliphatic rings. The Bertz CT molecular complexity index is 448. The smallest absolute Gasteiger partial charge is 0.222 e. The number of hydrogen-bond acceptors (Lipinski definition) is 3. The van der Waals surface area contributed by atoms with E-state index in [1.165, 1.54) is 6.92 Å². The van der Waals surface area contributed by atoms with Gasteiger partial charge in [0, 0.05) is 30.8 Å². The van der Waals surface area contributed by atoms with Crippen LogP contribution < -0.4 is 5.32 Å². The van der Waals surface area contributed by atoms with E-state index in [1.54, 1.807) is 18.5 Å². The number of pyridine rings is 1. The number of aromatic nitrogens is 3. The molecule has 66 valence electrons. The molecule has 0 atom stereocenters. The minimum absolute atomic E-state index is 0.137. The van der Waals surface area contributed by atoms with Crippen LogP contribution in [0, 0.1) is 0 Å². The standard InChI is InChI=1S/C8H8N4O/c1-5(13)11-8-2-7-6(3-9-8)4-10-12-7/h2-4H,1H3,(H,10,12)(H,9,11,13). The van der Waals surface area contributed by atoms with Crippen molar-refractivity contribution in [3.8, 4) is 0 Å². The molecule has 0 saturated heterocycles. The molecular weight excluding hydrogens is 168 g/mol. The fourth-order valence-corrected chi connectivity index (χ4v) is 1.08. The highest BCUT2D eigenvalue weighted by molar-refractivity contribution is 5.90. The molecule has 0 bridgehead atoms. The molecule has 0 aliphatic carbocycles. The van der Waals surface area contributed by atoms with Crippen LogP contribution in [0.5, 0.6) is 0 Å². The largest absolute Gasteiger partial charge is 0.311 e. The first kappa shape index (κ1) is 7.72. The number of hydrogen-bond donors (Lipinski definition) is 2. The number of anilines is 1. The fourth-order valence-electron chi connectivity index (χ4n) is 1.08. The molecule has 13 heavy (non-hydrogen) atoms. The average Bonchev–Trinajstić information content (AvgIpc) is 2.49. The quantitative estimate of drug-likeness (QED) is 0.678. The molecule has 1 amide bonds. The van der Waals surface area contributed by atoms with Crippen LogP contribution in [0.15, 0.2) is 18.5 Å². The summed E-state index contributed by atoms with van der Waals surface area (Å²) in [5.41, 5.74) is 0.791. The lowest BCUT2D eigenvalue weighted by Gasteiger charge is -1.98. The molecule has 0 spiro atoms. The second-order valence-corrected chi connectivity index (χ2v) is 2.69. The Labute approximate surface area is 74.2 Å². The first-order valence-corrected chi connectivity index (χ1v) is 3.83. The molecule has 0 aromatic carbocycles. The molecule has 0 radical (unpaired) electrons. The van der Waals surface area contributed by atoms with Gasteiger partial charge in [0.2, 0.25) is 5.91 Å². The molecule has 2 aromatic heterocycles. The van der Waals surface area contributed by atoms with Gasteiger partial charge in [0.1, 0.15) is 5.82 Å². The highest BCUT2D eigenvalue weighted by Gasteiger charge is 2.00. The number of amides is 1. The van der Waals surface area contributed by atoms with E-state index in [-0.39, 0.29) is 5.91 Å². The van der Waals surface area contributed by atoms with Crippen molar-refractivity contribution in [2.75, 3.05) is 5.32 Å². The first-order valence-electron chi connectivity index (χ1n) is 3.83. The maximum Gasteiger partial charge on any atom is 0.222 e. The normalized spacial score (nSPS) is 10.2. The molecule has 2 N–H and O–H groups in total. The highest BCUT2D eigenvalue weighted by atomic mass is 16.1. The van der Waals surface area contributed by atoms with E-state index in [2.05, 4.69) is 20.5 Å². The van der Waals surface area contributed by atoms with E-state index in [0.29, 0.717) is 5.82 Å². The van der Waals surface area contributed by atoms with Gasteiger partial charge in [-0.05, 0) is 0 Å². The van der Waals surface area contributed by atoms with Crippen molar-refractivity contribution in [1.29, 1.82) is 0 Å². The summed E-state index contributed by atoms with van der Waals surface area (Å²) in [6.45, 7) is 1.44. The molecule has 0 aliphatic heterocycles. The summed E-state index contributed by atoms with van der Waals surface area (Å²) in [5.74, 6) is 0.384. The summed E-state index contributed by atoms with van der Waals surface area (Å²) in [6.07, 6.45) is 3.41. The summed E-state index contributed by atoms with van der Waals surface area (Å²) in [7, 11) is 0. The second kappa shape index (κ2) is 2.85. The Morgan fingerprint density at radius 3 is 3.23 bits per heavy atom. The van der Waals surface area contributed by atoms with Gasteiger partial charge >= 0.3 is 0 Å². The van der Waals surface area contributed by atoms with E-state index >= 15 is 0 Å². The molecule has 0 saturated carbocycles. The monoisotopic (exact) mass is 176 g/mol. The van der Waals surface area contributed by atoms with Gasteiger partial charge in [0.25, 0.3) is 0 Å². The van der Waals surface area contributed by atoms with Gasteiger partial charge in [-0.3, -0.25) is 9.89 Å². The minimum Gasteiger partial charge on any atom is -0.311 e. The van der Waals surface area contributed by atoms with Crippen LogP contribution in [0.1, 0.15) is 6.92 Å². The third kappa shape index (κ3) is 1.48.